The number of carbonyl (C=O) groups is 1. The third kappa shape index (κ3) is 4.55. The number of benzene rings is 1. The van der Waals surface area contributed by atoms with Crippen molar-refractivity contribution in [2.45, 2.75) is 26.4 Å². The van der Waals surface area contributed by atoms with Gasteiger partial charge in [-0.3, -0.25) is 14.2 Å². The molecule has 1 amide bonds. The summed E-state index contributed by atoms with van der Waals surface area (Å²) in [5.41, 5.74) is 2.40. The summed E-state index contributed by atoms with van der Waals surface area (Å²) >= 11 is 3.33. The van der Waals surface area contributed by atoms with Crippen molar-refractivity contribution in [2.75, 3.05) is 5.32 Å². The molecule has 0 unspecified atom stereocenters. The zero-order valence-corrected chi connectivity index (χ0v) is 14.9. The Balaban J connectivity index is 1.51. The summed E-state index contributed by atoms with van der Waals surface area (Å²) in [6.07, 6.45) is 5.74. The summed E-state index contributed by atoms with van der Waals surface area (Å²) in [5.74, 6) is 0.482. The molecule has 3 aromatic rings. The standard InChI is InChI=1S/C17H18BrN5O/c1-13-2-4-14(5-3-13)11-23-8-6-16(21-23)20-17(24)7-9-22-12-15(18)10-19-22/h2-6,8,10,12H,7,9,11H2,1H3,(H,20,21,24). The fourth-order valence-electron chi connectivity index (χ4n) is 2.28. The van der Waals surface area contributed by atoms with Gasteiger partial charge in [-0.25, -0.2) is 0 Å². The molecule has 0 radical (unpaired) electrons. The summed E-state index contributed by atoms with van der Waals surface area (Å²) < 4.78 is 4.43. The van der Waals surface area contributed by atoms with Crippen LogP contribution >= 0.6 is 15.9 Å². The average Bonchev–Trinajstić information content (AvgIpc) is 3.17. The van der Waals surface area contributed by atoms with E-state index in [9.17, 15) is 4.79 Å². The van der Waals surface area contributed by atoms with Gasteiger partial charge in [0.15, 0.2) is 5.82 Å². The molecule has 0 atom stereocenters. The molecule has 1 aromatic carbocycles. The van der Waals surface area contributed by atoms with Crippen LogP contribution in [0.25, 0.3) is 0 Å². The number of halogens is 1. The highest BCUT2D eigenvalue weighted by atomic mass is 79.9. The van der Waals surface area contributed by atoms with Crippen molar-refractivity contribution in [3.8, 4) is 0 Å². The largest absolute Gasteiger partial charge is 0.309 e. The number of nitrogens with one attached hydrogen (secondary N) is 1. The third-order valence-electron chi connectivity index (χ3n) is 3.54. The molecular formula is C17H18BrN5O. The number of aromatic nitrogens is 4. The van der Waals surface area contributed by atoms with Gasteiger partial charge < -0.3 is 5.32 Å². The van der Waals surface area contributed by atoms with Crippen LogP contribution in [0.3, 0.4) is 0 Å². The Labute approximate surface area is 148 Å². The molecule has 3 rings (SSSR count). The zero-order valence-electron chi connectivity index (χ0n) is 13.3. The highest BCUT2D eigenvalue weighted by molar-refractivity contribution is 9.10. The summed E-state index contributed by atoms with van der Waals surface area (Å²) in [7, 11) is 0. The van der Waals surface area contributed by atoms with Gasteiger partial charge in [-0.05, 0) is 28.4 Å². The van der Waals surface area contributed by atoms with E-state index in [0.29, 0.717) is 25.3 Å². The number of hydrogen-bond donors (Lipinski definition) is 1. The van der Waals surface area contributed by atoms with Crippen LogP contribution in [0.2, 0.25) is 0 Å². The van der Waals surface area contributed by atoms with Crippen molar-refractivity contribution < 1.29 is 4.79 Å². The fraction of sp³-hybridized carbons (Fsp3) is 0.235. The van der Waals surface area contributed by atoms with Gasteiger partial charge in [0.2, 0.25) is 5.91 Å². The predicted octanol–water partition coefficient (Wildman–Crippen LogP) is 3.23. The molecule has 0 saturated carbocycles. The van der Waals surface area contributed by atoms with E-state index in [-0.39, 0.29) is 5.91 Å². The Morgan fingerprint density at radius 1 is 1.21 bits per heavy atom. The van der Waals surface area contributed by atoms with E-state index < -0.39 is 0 Å². The van der Waals surface area contributed by atoms with Crippen LogP contribution in [0.5, 0.6) is 0 Å². The first kappa shape index (κ1) is 16.4. The Morgan fingerprint density at radius 3 is 2.71 bits per heavy atom. The second-order valence-corrected chi connectivity index (χ2v) is 6.52. The van der Waals surface area contributed by atoms with Crippen molar-refractivity contribution in [3.05, 3.63) is 64.5 Å². The molecule has 24 heavy (non-hydrogen) atoms. The first-order chi connectivity index (χ1) is 11.6. The fourth-order valence-corrected chi connectivity index (χ4v) is 2.61. The van der Waals surface area contributed by atoms with Crippen molar-refractivity contribution in [1.29, 1.82) is 0 Å². The highest BCUT2D eigenvalue weighted by Crippen LogP contribution is 2.09. The van der Waals surface area contributed by atoms with Crippen LogP contribution in [0.4, 0.5) is 5.82 Å². The predicted molar refractivity (Wildman–Crippen MR) is 95.7 cm³/mol. The SMILES string of the molecule is Cc1ccc(Cn2ccc(NC(=O)CCn3cc(Br)cn3)n2)cc1. The van der Waals surface area contributed by atoms with E-state index in [2.05, 4.69) is 62.6 Å². The van der Waals surface area contributed by atoms with Gasteiger partial charge in [-0.15, -0.1) is 0 Å². The number of rotatable bonds is 6. The Kier molecular flexibility index (Phi) is 5.10. The molecule has 7 heteroatoms. The van der Waals surface area contributed by atoms with Crippen molar-refractivity contribution in [2.24, 2.45) is 0 Å². The summed E-state index contributed by atoms with van der Waals surface area (Å²) in [6.45, 7) is 3.27. The topological polar surface area (TPSA) is 64.7 Å². The average molecular weight is 388 g/mol. The lowest BCUT2D eigenvalue weighted by Crippen LogP contribution is -2.15. The molecule has 0 aliphatic heterocycles. The first-order valence-electron chi connectivity index (χ1n) is 7.65. The minimum absolute atomic E-state index is 0.0813. The number of hydrogen-bond acceptors (Lipinski definition) is 3. The monoisotopic (exact) mass is 387 g/mol. The lowest BCUT2D eigenvalue weighted by Gasteiger charge is -2.04. The first-order valence-corrected chi connectivity index (χ1v) is 8.44. The van der Waals surface area contributed by atoms with Crippen molar-refractivity contribution >= 4 is 27.7 Å². The summed E-state index contributed by atoms with van der Waals surface area (Å²) in [4.78, 5) is 12.0. The minimum atomic E-state index is -0.0813. The molecule has 0 fully saturated rings. The van der Waals surface area contributed by atoms with E-state index in [1.807, 2.05) is 17.1 Å². The van der Waals surface area contributed by atoms with Crippen LogP contribution < -0.4 is 5.32 Å². The maximum atomic E-state index is 12.0. The third-order valence-corrected chi connectivity index (χ3v) is 3.95. The van der Waals surface area contributed by atoms with E-state index >= 15 is 0 Å². The van der Waals surface area contributed by atoms with E-state index in [4.69, 9.17) is 0 Å². The number of amides is 1. The molecule has 0 saturated heterocycles. The quantitative estimate of drug-likeness (QED) is 0.705. The summed E-state index contributed by atoms with van der Waals surface area (Å²) in [5, 5.41) is 11.3. The highest BCUT2D eigenvalue weighted by Gasteiger charge is 2.06. The molecule has 2 heterocycles. The Hall–Kier alpha value is -2.41. The molecule has 0 aliphatic carbocycles. The van der Waals surface area contributed by atoms with Crippen molar-refractivity contribution in [3.63, 3.8) is 0 Å². The van der Waals surface area contributed by atoms with Crippen LogP contribution in [0.1, 0.15) is 17.5 Å². The minimum Gasteiger partial charge on any atom is -0.309 e. The molecule has 0 spiro atoms. The van der Waals surface area contributed by atoms with Gasteiger partial charge in [0.1, 0.15) is 0 Å². The molecule has 2 aromatic heterocycles. The number of nitrogens with zero attached hydrogens (tertiary/aromatic N) is 4. The second kappa shape index (κ2) is 7.44. The van der Waals surface area contributed by atoms with Crippen LogP contribution in [0.15, 0.2) is 53.4 Å². The maximum Gasteiger partial charge on any atom is 0.227 e. The second-order valence-electron chi connectivity index (χ2n) is 5.60. The summed E-state index contributed by atoms with van der Waals surface area (Å²) in [6, 6.07) is 10.1. The normalized spacial score (nSPS) is 10.8. The molecular weight excluding hydrogens is 370 g/mol. The van der Waals surface area contributed by atoms with Gasteiger partial charge >= 0.3 is 0 Å². The maximum absolute atomic E-state index is 12.0. The number of anilines is 1. The smallest absolute Gasteiger partial charge is 0.227 e. The van der Waals surface area contributed by atoms with Gasteiger partial charge in [-0.1, -0.05) is 29.8 Å². The molecule has 124 valence electrons. The number of carbonyl (C=O) groups excluding carboxylic acids is 1. The van der Waals surface area contributed by atoms with Crippen molar-refractivity contribution in [1.82, 2.24) is 19.6 Å². The molecule has 0 aliphatic rings. The molecule has 1 N–H and O–H groups in total. The lowest BCUT2D eigenvalue weighted by molar-refractivity contribution is -0.116. The van der Waals surface area contributed by atoms with Crippen LogP contribution in [-0.2, 0) is 17.9 Å². The van der Waals surface area contributed by atoms with Gasteiger partial charge in [0.25, 0.3) is 0 Å². The van der Waals surface area contributed by atoms with E-state index in [1.165, 1.54) is 11.1 Å². The molecule has 6 nitrogen and oxygen atoms in total. The van der Waals surface area contributed by atoms with Gasteiger partial charge in [0.05, 0.1) is 17.2 Å². The van der Waals surface area contributed by atoms with E-state index in [1.54, 1.807) is 16.9 Å². The van der Waals surface area contributed by atoms with Crippen LogP contribution in [0, 0.1) is 6.92 Å². The van der Waals surface area contributed by atoms with E-state index in [0.717, 1.165) is 4.47 Å². The Morgan fingerprint density at radius 2 is 2.00 bits per heavy atom. The van der Waals surface area contributed by atoms with Gasteiger partial charge in [-0.2, -0.15) is 10.2 Å². The van der Waals surface area contributed by atoms with Gasteiger partial charge in [0, 0.05) is 31.4 Å². The lowest BCUT2D eigenvalue weighted by atomic mass is 10.1. The number of aryl methyl sites for hydroxylation is 2. The Bertz CT molecular complexity index is 822. The zero-order chi connectivity index (χ0) is 16.9. The molecule has 0 bridgehead atoms. The van der Waals surface area contributed by atoms with Crippen LogP contribution in [-0.4, -0.2) is 25.5 Å².